The van der Waals surface area contributed by atoms with E-state index in [0.29, 0.717) is 50.6 Å². The SMILES string of the molecule is CCOC(=O)N1CCC(N[S+]([O-])Nc2cccnc2NCc2cccc3cccnc23)CC1. The summed E-state index contributed by atoms with van der Waals surface area (Å²) >= 11 is -1.50. The van der Waals surface area contributed by atoms with Crippen LogP contribution in [0.15, 0.2) is 54.9 Å². The number of carbonyl (C=O) groups is 1. The molecule has 174 valence electrons. The average Bonchev–Trinajstić information content (AvgIpc) is 2.84. The first-order chi connectivity index (χ1) is 16.1. The molecule has 10 heteroatoms. The topological polar surface area (TPSA) is 114 Å². The summed E-state index contributed by atoms with van der Waals surface area (Å²) in [6.07, 6.45) is 4.60. The Kier molecular flexibility index (Phi) is 7.82. The fraction of sp³-hybridized carbons (Fsp3) is 0.348. The first-order valence-corrected chi connectivity index (χ1v) is 12.2. The number of fused-ring (bicyclic) bond motifs is 1. The van der Waals surface area contributed by atoms with Gasteiger partial charge >= 0.3 is 6.09 Å². The lowest BCUT2D eigenvalue weighted by atomic mass is 10.1. The van der Waals surface area contributed by atoms with Gasteiger partial charge in [0.25, 0.3) is 0 Å². The Bertz CT molecular complexity index is 1070. The molecule has 1 atom stereocenters. The molecule has 2 aromatic heterocycles. The number of nitrogens with zero attached hydrogens (tertiary/aromatic N) is 3. The smallest absolute Gasteiger partial charge is 0.409 e. The molecular formula is C23H28N6O3S. The molecule has 3 heterocycles. The lowest BCUT2D eigenvalue weighted by molar-refractivity contribution is 0.0966. The van der Waals surface area contributed by atoms with E-state index >= 15 is 0 Å². The van der Waals surface area contributed by atoms with Gasteiger partial charge in [0, 0.05) is 37.4 Å². The number of amides is 1. The number of piperidine rings is 1. The monoisotopic (exact) mass is 468 g/mol. The van der Waals surface area contributed by atoms with Gasteiger partial charge in [-0.3, -0.25) is 4.98 Å². The van der Waals surface area contributed by atoms with Gasteiger partial charge < -0.3 is 19.5 Å². The number of anilines is 2. The van der Waals surface area contributed by atoms with E-state index in [4.69, 9.17) is 4.74 Å². The van der Waals surface area contributed by atoms with Crippen LogP contribution in [0.4, 0.5) is 16.3 Å². The summed E-state index contributed by atoms with van der Waals surface area (Å²) in [5.74, 6) is 0.609. The molecule has 33 heavy (non-hydrogen) atoms. The highest BCUT2D eigenvalue weighted by molar-refractivity contribution is 7.90. The minimum absolute atomic E-state index is 0.0406. The Labute approximate surface area is 196 Å². The van der Waals surface area contributed by atoms with Crippen LogP contribution in [0.5, 0.6) is 0 Å². The summed E-state index contributed by atoms with van der Waals surface area (Å²) in [6.45, 7) is 3.84. The maximum absolute atomic E-state index is 12.7. The highest BCUT2D eigenvalue weighted by Gasteiger charge is 2.27. The summed E-state index contributed by atoms with van der Waals surface area (Å²) < 4.78 is 23.9. The fourth-order valence-corrected chi connectivity index (χ4v) is 4.75. The van der Waals surface area contributed by atoms with E-state index in [1.54, 1.807) is 30.3 Å². The van der Waals surface area contributed by atoms with E-state index in [1.807, 2.05) is 36.4 Å². The standard InChI is InChI=1S/C23H28N6O3S/c1-2-32-23(30)29-14-10-19(11-15-29)27-33(31)28-20-9-5-13-25-22(20)26-16-18-7-3-6-17-8-4-12-24-21(17)18/h3-9,12-13,19,27-28H,2,10-11,14-16H2,1H3,(H,25,26). The maximum Gasteiger partial charge on any atom is 0.409 e. The summed E-state index contributed by atoms with van der Waals surface area (Å²) in [4.78, 5) is 22.4. The van der Waals surface area contributed by atoms with Gasteiger partial charge in [-0.1, -0.05) is 24.3 Å². The first kappa shape index (κ1) is 23.1. The van der Waals surface area contributed by atoms with Crippen LogP contribution in [0.1, 0.15) is 25.3 Å². The number of hydrogen-bond donors (Lipinski definition) is 3. The molecule has 1 aliphatic heterocycles. The number of para-hydroxylation sites is 1. The summed E-state index contributed by atoms with van der Waals surface area (Å²) in [5, 5.41) is 4.41. The van der Waals surface area contributed by atoms with Crippen molar-refractivity contribution < 1.29 is 14.1 Å². The summed E-state index contributed by atoms with van der Waals surface area (Å²) in [7, 11) is 0. The zero-order valence-corrected chi connectivity index (χ0v) is 19.3. The van der Waals surface area contributed by atoms with Crippen molar-refractivity contribution in [3.8, 4) is 0 Å². The molecule has 0 bridgehead atoms. The van der Waals surface area contributed by atoms with Gasteiger partial charge in [-0.25, -0.2) is 9.78 Å². The molecule has 1 saturated heterocycles. The molecule has 1 unspecified atom stereocenters. The van der Waals surface area contributed by atoms with Gasteiger partial charge in [0.2, 0.25) is 0 Å². The Morgan fingerprint density at radius 3 is 2.73 bits per heavy atom. The minimum Gasteiger partial charge on any atom is -0.574 e. The number of aromatic nitrogens is 2. The predicted molar refractivity (Wildman–Crippen MR) is 130 cm³/mol. The van der Waals surface area contributed by atoms with Crippen molar-refractivity contribution in [1.82, 2.24) is 19.6 Å². The number of carbonyl (C=O) groups excluding carboxylic acids is 1. The first-order valence-electron chi connectivity index (χ1n) is 11.0. The van der Waals surface area contributed by atoms with Gasteiger partial charge in [0.05, 0.1) is 18.2 Å². The number of benzene rings is 1. The second-order valence-corrected chi connectivity index (χ2v) is 8.67. The fourth-order valence-electron chi connectivity index (χ4n) is 3.79. The Balaban J connectivity index is 1.33. The Hall–Kier alpha value is -3.08. The van der Waals surface area contributed by atoms with Crippen molar-refractivity contribution in [1.29, 1.82) is 0 Å². The Morgan fingerprint density at radius 1 is 1.15 bits per heavy atom. The molecule has 3 aromatic rings. The molecule has 1 amide bonds. The van der Waals surface area contributed by atoms with E-state index in [9.17, 15) is 9.35 Å². The van der Waals surface area contributed by atoms with E-state index in [0.717, 1.165) is 16.5 Å². The minimum atomic E-state index is -1.50. The number of likely N-dealkylation sites (tertiary alicyclic amines) is 1. The number of nitrogens with one attached hydrogen (secondary N) is 3. The normalized spacial score (nSPS) is 15.3. The molecule has 3 N–H and O–H groups in total. The molecule has 4 rings (SSSR count). The molecule has 1 aromatic carbocycles. The van der Waals surface area contributed by atoms with Crippen molar-refractivity contribution >= 4 is 40.0 Å². The third-order valence-corrected chi connectivity index (χ3v) is 6.42. The molecule has 0 aliphatic carbocycles. The lowest BCUT2D eigenvalue weighted by Crippen LogP contribution is -2.47. The maximum atomic E-state index is 12.7. The van der Waals surface area contributed by atoms with Crippen LogP contribution in [0.25, 0.3) is 10.9 Å². The van der Waals surface area contributed by atoms with E-state index in [-0.39, 0.29) is 12.1 Å². The van der Waals surface area contributed by atoms with E-state index in [1.165, 1.54) is 0 Å². The molecule has 1 aliphatic rings. The van der Waals surface area contributed by atoms with Gasteiger partial charge in [0.1, 0.15) is 5.69 Å². The van der Waals surface area contributed by atoms with Crippen molar-refractivity contribution in [2.45, 2.75) is 32.4 Å². The Morgan fingerprint density at radius 2 is 1.91 bits per heavy atom. The summed E-state index contributed by atoms with van der Waals surface area (Å²) in [5.41, 5.74) is 2.63. The number of pyridine rings is 2. The second-order valence-electron chi connectivity index (χ2n) is 7.69. The summed E-state index contributed by atoms with van der Waals surface area (Å²) in [6, 6.07) is 13.7. The van der Waals surface area contributed by atoms with Crippen LogP contribution >= 0.6 is 0 Å². The number of hydrogen-bond acceptors (Lipinski definition) is 8. The lowest BCUT2D eigenvalue weighted by Gasteiger charge is -2.31. The van der Waals surface area contributed by atoms with Crippen LogP contribution in [0, 0.1) is 0 Å². The van der Waals surface area contributed by atoms with E-state index < -0.39 is 11.5 Å². The van der Waals surface area contributed by atoms with Crippen LogP contribution in [-0.4, -0.2) is 51.3 Å². The van der Waals surface area contributed by atoms with Crippen LogP contribution in [0.2, 0.25) is 0 Å². The zero-order valence-electron chi connectivity index (χ0n) is 18.5. The van der Waals surface area contributed by atoms with Crippen LogP contribution < -0.4 is 14.8 Å². The van der Waals surface area contributed by atoms with Crippen molar-refractivity contribution in [2.24, 2.45) is 0 Å². The molecule has 0 spiro atoms. The van der Waals surface area contributed by atoms with Gasteiger partial charge in [-0.05, 0) is 43.5 Å². The largest absolute Gasteiger partial charge is 0.574 e. The third-order valence-electron chi connectivity index (χ3n) is 5.47. The second kappa shape index (κ2) is 11.2. The van der Waals surface area contributed by atoms with Crippen molar-refractivity contribution in [3.63, 3.8) is 0 Å². The van der Waals surface area contributed by atoms with Crippen LogP contribution in [0.3, 0.4) is 0 Å². The zero-order chi connectivity index (χ0) is 23.0. The van der Waals surface area contributed by atoms with Gasteiger partial charge in [-0.2, -0.15) is 4.72 Å². The molecule has 0 saturated carbocycles. The number of rotatable bonds is 8. The van der Waals surface area contributed by atoms with Crippen LogP contribution in [-0.2, 0) is 22.8 Å². The average molecular weight is 469 g/mol. The molecular weight excluding hydrogens is 440 g/mol. The number of ether oxygens (including phenoxy) is 1. The molecule has 0 radical (unpaired) electrons. The molecule has 9 nitrogen and oxygen atoms in total. The highest BCUT2D eigenvalue weighted by Crippen LogP contribution is 2.22. The predicted octanol–water partition coefficient (Wildman–Crippen LogP) is 3.44. The van der Waals surface area contributed by atoms with Crippen molar-refractivity contribution in [2.75, 3.05) is 29.7 Å². The van der Waals surface area contributed by atoms with Gasteiger partial charge in [0.15, 0.2) is 17.4 Å². The highest BCUT2D eigenvalue weighted by atomic mass is 32.2. The third kappa shape index (κ3) is 6.04. The van der Waals surface area contributed by atoms with Crippen molar-refractivity contribution in [3.05, 3.63) is 60.4 Å². The van der Waals surface area contributed by atoms with Gasteiger partial charge in [-0.15, -0.1) is 4.72 Å². The van der Waals surface area contributed by atoms with E-state index in [2.05, 4.69) is 24.7 Å². The molecule has 1 fully saturated rings. The quantitative estimate of drug-likeness (QED) is 0.431.